The van der Waals surface area contributed by atoms with Crippen LogP contribution in [0.1, 0.15) is 39.2 Å². The Balaban J connectivity index is 2.25. The van der Waals surface area contributed by atoms with E-state index in [9.17, 15) is 4.79 Å². The Morgan fingerprint density at radius 3 is 2.65 bits per heavy atom. The van der Waals surface area contributed by atoms with Crippen molar-refractivity contribution in [1.82, 2.24) is 0 Å². The number of fused-ring (bicyclic) bond motifs is 1. The van der Waals surface area contributed by atoms with Crippen molar-refractivity contribution in [2.75, 3.05) is 7.11 Å². The molecule has 0 fully saturated rings. The molecule has 0 aliphatic carbocycles. The first-order valence-electron chi connectivity index (χ1n) is 7.89. The fraction of sp³-hybridized carbons (Fsp3) is 0.350. The van der Waals surface area contributed by atoms with Gasteiger partial charge in [0.05, 0.1) is 7.11 Å². The van der Waals surface area contributed by atoms with Crippen molar-refractivity contribution in [1.29, 1.82) is 0 Å². The summed E-state index contributed by atoms with van der Waals surface area (Å²) in [4.78, 5) is 11.4. The lowest BCUT2D eigenvalue weighted by Gasteiger charge is -2.08. The summed E-state index contributed by atoms with van der Waals surface area (Å²) < 4.78 is 10.6. The molecule has 0 N–H and O–H groups in total. The summed E-state index contributed by atoms with van der Waals surface area (Å²) in [5.74, 6) is 0.706. The van der Waals surface area contributed by atoms with E-state index >= 15 is 0 Å². The van der Waals surface area contributed by atoms with Crippen LogP contribution in [0.25, 0.3) is 11.0 Å². The van der Waals surface area contributed by atoms with E-state index in [0.717, 1.165) is 30.2 Å². The molecule has 122 valence electrons. The molecular formula is C20H24O3. The number of allylic oxidation sites excluding steroid dienone is 4. The Kier molecular flexibility index (Phi) is 5.80. The minimum absolute atomic E-state index is 0.342. The Bertz CT molecular complexity index is 790. The van der Waals surface area contributed by atoms with Gasteiger partial charge in [-0.15, -0.1) is 0 Å². The van der Waals surface area contributed by atoms with Crippen LogP contribution < -0.4 is 10.4 Å². The molecule has 0 aliphatic heterocycles. The van der Waals surface area contributed by atoms with Crippen LogP contribution in [-0.4, -0.2) is 7.11 Å². The fourth-order valence-electron chi connectivity index (χ4n) is 2.49. The van der Waals surface area contributed by atoms with Gasteiger partial charge in [0.25, 0.3) is 0 Å². The molecule has 0 saturated carbocycles. The van der Waals surface area contributed by atoms with Crippen LogP contribution >= 0.6 is 0 Å². The second-order valence-corrected chi connectivity index (χ2v) is 6.03. The summed E-state index contributed by atoms with van der Waals surface area (Å²) in [7, 11) is 1.62. The van der Waals surface area contributed by atoms with Crippen LogP contribution in [-0.2, 0) is 6.42 Å². The molecule has 3 heteroatoms. The maximum atomic E-state index is 11.4. The standard InChI is InChI=1S/C20H24O3/c1-14(2)6-5-7-15(3)8-9-16-12-17(22-4)13-19-18(16)10-11-20(21)23-19/h6,8,10-13H,5,7,9H2,1-4H3/b15-8-. The Hall–Kier alpha value is -2.29. The smallest absolute Gasteiger partial charge is 0.336 e. The lowest BCUT2D eigenvalue weighted by atomic mass is 10.0. The normalized spacial score (nSPS) is 11.6. The molecule has 0 bridgehead atoms. The van der Waals surface area contributed by atoms with Crippen molar-refractivity contribution in [3.05, 3.63) is 63.5 Å². The minimum atomic E-state index is -0.342. The average molecular weight is 312 g/mol. The number of rotatable bonds is 6. The predicted molar refractivity (Wildman–Crippen MR) is 95.2 cm³/mol. The summed E-state index contributed by atoms with van der Waals surface area (Å²) in [6.45, 7) is 6.39. The van der Waals surface area contributed by atoms with Crippen LogP contribution in [0, 0.1) is 0 Å². The van der Waals surface area contributed by atoms with Gasteiger partial charge >= 0.3 is 5.63 Å². The van der Waals surface area contributed by atoms with E-state index in [0.29, 0.717) is 11.3 Å². The number of hydrogen-bond donors (Lipinski definition) is 0. The van der Waals surface area contributed by atoms with Crippen LogP contribution in [0.2, 0.25) is 0 Å². The lowest BCUT2D eigenvalue weighted by Crippen LogP contribution is -1.97. The highest BCUT2D eigenvalue weighted by Crippen LogP contribution is 2.25. The molecule has 0 amide bonds. The van der Waals surface area contributed by atoms with Crippen molar-refractivity contribution < 1.29 is 9.15 Å². The Morgan fingerprint density at radius 2 is 1.96 bits per heavy atom. The van der Waals surface area contributed by atoms with Gasteiger partial charge in [-0.2, -0.15) is 0 Å². The quantitative estimate of drug-likeness (QED) is 0.554. The zero-order valence-electron chi connectivity index (χ0n) is 14.3. The fourth-order valence-corrected chi connectivity index (χ4v) is 2.49. The van der Waals surface area contributed by atoms with Crippen LogP contribution in [0.5, 0.6) is 5.75 Å². The van der Waals surface area contributed by atoms with Gasteiger partial charge in [-0.05, 0) is 57.7 Å². The highest BCUT2D eigenvalue weighted by Gasteiger charge is 2.06. The molecule has 0 atom stereocenters. The highest BCUT2D eigenvalue weighted by molar-refractivity contribution is 5.82. The van der Waals surface area contributed by atoms with Gasteiger partial charge in [-0.3, -0.25) is 0 Å². The van der Waals surface area contributed by atoms with E-state index < -0.39 is 0 Å². The van der Waals surface area contributed by atoms with Gasteiger partial charge in [0.2, 0.25) is 0 Å². The van der Waals surface area contributed by atoms with Gasteiger partial charge in [-0.25, -0.2) is 4.79 Å². The van der Waals surface area contributed by atoms with Crippen molar-refractivity contribution in [2.24, 2.45) is 0 Å². The van der Waals surface area contributed by atoms with Crippen LogP contribution in [0.15, 0.2) is 56.8 Å². The number of hydrogen-bond acceptors (Lipinski definition) is 3. The minimum Gasteiger partial charge on any atom is -0.497 e. The molecule has 0 radical (unpaired) electrons. The third kappa shape index (κ3) is 4.85. The summed E-state index contributed by atoms with van der Waals surface area (Å²) in [6.07, 6.45) is 7.41. The first-order chi connectivity index (χ1) is 11.0. The van der Waals surface area contributed by atoms with E-state index in [1.807, 2.05) is 12.1 Å². The van der Waals surface area contributed by atoms with Crippen LogP contribution in [0.3, 0.4) is 0 Å². The number of ether oxygens (including phenoxy) is 1. The van der Waals surface area contributed by atoms with Gasteiger partial charge in [0, 0.05) is 17.5 Å². The third-order valence-electron chi connectivity index (χ3n) is 3.80. The molecule has 23 heavy (non-hydrogen) atoms. The van der Waals surface area contributed by atoms with Gasteiger partial charge < -0.3 is 9.15 Å². The SMILES string of the molecule is COc1cc(C/C=C(/C)CCC=C(C)C)c2ccc(=O)oc2c1. The maximum Gasteiger partial charge on any atom is 0.336 e. The van der Waals surface area contributed by atoms with E-state index in [2.05, 4.69) is 32.9 Å². The Morgan fingerprint density at radius 1 is 1.17 bits per heavy atom. The van der Waals surface area contributed by atoms with E-state index in [1.54, 1.807) is 13.2 Å². The largest absolute Gasteiger partial charge is 0.497 e. The summed E-state index contributed by atoms with van der Waals surface area (Å²) >= 11 is 0. The molecule has 2 aromatic rings. The molecule has 2 rings (SSSR count). The summed E-state index contributed by atoms with van der Waals surface area (Å²) in [6, 6.07) is 7.04. The number of methoxy groups -OCH3 is 1. The van der Waals surface area contributed by atoms with Crippen molar-refractivity contribution in [2.45, 2.75) is 40.0 Å². The van der Waals surface area contributed by atoms with E-state index in [4.69, 9.17) is 9.15 Å². The van der Waals surface area contributed by atoms with Crippen molar-refractivity contribution in [3.63, 3.8) is 0 Å². The molecule has 0 spiro atoms. The first kappa shape index (κ1) is 17.1. The van der Waals surface area contributed by atoms with Crippen molar-refractivity contribution >= 4 is 11.0 Å². The Labute approximate surface area is 137 Å². The molecule has 0 saturated heterocycles. The predicted octanol–water partition coefficient (Wildman–Crippen LogP) is 5.04. The highest BCUT2D eigenvalue weighted by atomic mass is 16.5. The third-order valence-corrected chi connectivity index (χ3v) is 3.80. The molecule has 0 unspecified atom stereocenters. The van der Waals surface area contributed by atoms with Crippen LogP contribution in [0.4, 0.5) is 0 Å². The molecule has 1 aromatic carbocycles. The van der Waals surface area contributed by atoms with Gasteiger partial charge in [-0.1, -0.05) is 23.3 Å². The van der Waals surface area contributed by atoms with E-state index in [1.165, 1.54) is 17.2 Å². The first-order valence-corrected chi connectivity index (χ1v) is 7.89. The van der Waals surface area contributed by atoms with Gasteiger partial charge in [0.15, 0.2) is 0 Å². The monoisotopic (exact) mass is 312 g/mol. The topological polar surface area (TPSA) is 39.4 Å². The summed E-state index contributed by atoms with van der Waals surface area (Å²) in [5.41, 5.74) is 4.04. The van der Waals surface area contributed by atoms with E-state index in [-0.39, 0.29) is 5.63 Å². The number of benzene rings is 1. The average Bonchev–Trinajstić information content (AvgIpc) is 2.51. The maximum absolute atomic E-state index is 11.4. The zero-order chi connectivity index (χ0) is 16.8. The summed E-state index contributed by atoms with van der Waals surface area (Å²) in [5, 5.41) is 0.957. The van der Waals surface area contributed by atoms with Crippen molar-refractivity contribution in [3.8, 4) is 5.75 Å². The molecule has 1 aromatic heterocycles. The molecule has 0 aliphatic rings. The lowest BCUT2D eigenvalue weighted by molar-refractivity contribution is 0.413. The molecular weight excluding hydrogens is 288 g/mol. The zero-order valence-corrected chi connectivity index (χ0v) is 14.3. The second-order valence-electron chi connectivity index (χ2n) is 6.03. The molecule has 3 nitrogen and oxygen atoms in total. The second kappa shape index (κ2) is 7.82. The molecule has 1 heterocycles. The van der Waals surface area contributed by atoms with Gasteiger partial charge in [0.1, 0.15) is 11.3 Å².